The lowest BCUT2D eigenvalue weighted by atomic mass is 9.95. The third kappa shape index (κ3) is 1.80. The minimum absolute atomic E-state index is 0.0814. The van der Waals surface area contributed by atoms with E-state index in [0.717, 1.165) is 12.2 Å². The molecule has 0 aromatic heterocycles. The van der Waals surface area contributed by atoms with Crippen LogP contribution >= 0.6 is 0 Å². The number of β-amino-alcohol motifs (C(OH)–C–C–N with tert-alkyl or cyclic N) is 1. The molecule has 0 aliphatic carbocycles. The highest BCUT2D eigenvalue weighted by atomic mass is 16.5. The first-order valence-corrected chi connectivity index (χ1v) is 6.08. The Balaban J connectivity index is 1.86. The van der Waals surface area contributed by atoms with Crippen molar-refractivity contribution in [3.05, 3.63) is 23.8 Å². The van der Waals surface area contributed by atoms with Crippen molar-refractivity contribution in [2.45, 2.75) is 12.5 Å². The molecule has 18 heavy (non-hydrogen) atoms. The molecule has 96 valence electrons. The van der Waals surface area contributed by atoms with Crippen molar-refractivity contribution < 1.29 is 14.6 Å². The number of amides is 1. The number of para-hydroxylation sites is 1. The van der Waals surface area contributed by atoms with Crippen LogP contribution in [0, 0.1) is 0 Å². The number of ether oxygens (including phenoxy) is 1. The summed E-state index contributed by atoms with van der Waals surface area (Å²) in [5, 5.41) is 12.9. The Morgan fingerprint density at radius 2 is 2.28 bits per heavy atom. The summed E-state index contributed by atoms with van der Waals surface area (Å²) >= 11 is 0. The van der Waals surface area contributed by atoms with E-state index >= 15 is 0 Å². The van der Waals surface area contributed by atoms with Crippen LogP contribution in [-0.2, 0) is 0 Å². The first kappa shape index (κ1) is 11.3. The third-order valence-corrected chi connectivity index (χ3v) is 3.26. The number of hydrogen-bond donors (Lipinski definition) is 2. The topological polar surface area (TPSA) is 61.8 Å². The number of benzene rings is 1. The third-order valence-electron chi connectivity index (χ3n) is 3.26. The molecule has 0 spiro atoms. The number of carbonyl (C=O) groups excluding carboxylic acids is 1. The fourth-order valence-electron chi connectivity index (χ4n) is 2.43. The van der Waals surface area contributed by atoms with E-state index < -0.39 is 5.60 Å². The summed E-state index contributed by atoms with van der Waals surface area (Å²) in [6, 6.07) is 5.50. The van der Waals surface area contributed by atoms with E-state index in [1.165, 1.54) is 0 Å². The van der Waals surface area contributed by atoms with Gasteiger partial charge in [-0.3, -0.25) is 4.79 Å². The monoisotopic (exact) mass is 248 g/mol. The highest BCUT2D eigenvalue weighted by molar-refractivity contribution is 5.99. The number of nitrogens with zero attached hydrogens (tertiary/aromatic N) is 1. The van der Waals surface area contributed by atoms with Gasteiger partial charge in [-0.15, -0.1) is 0 Å². The Morgan fingerprint density at radius 3 is 3.00 bits per heavy atom. The van der Waals surface area contributed by atoms with Crippen molar-refractivity contribution >= 4 is 11.6 Å². The van der Waals surface area contributed by atoms with Crippen LogP contribution in [0.15, 0.2) is 18.2 Å². The van der Waals surface area contributed by atoms with Crippen LogP contribution < -0.4 is 10.1 Å². The van der Waals surface area contributed by atoms with Gasteiger partial charge in [-0.1, -0.05) is 6.07 Å². The van der Waals surface area contributed by atoms with Crippen molar-refractivity contribution in [1.29, 1.82) is 0 Å². The second kappa shape index (κ2) is 3.88. The van der Waals surface area contributed by atoms with Gasteiger partial charge >= 0.3 is 0 Å². The van der Waals surface area contributed by atoms with E-state index in [4.69, 9.17) is 4.74 Å². The maximum atomic E-state index is 12.3. The van der Waals surface area contributed by atoms with Crippen LogP contribution in [0.25, 0.3) is 0 Å². The minimum Gasteiger partial charge on any atom is -0.489 e. The van der Waals surface area contributed by atoms with Gasteiger partial charge in [0, 0.05) is 6.54 Å². The van der Waals surface area contributed by atoms with E-state index in [1.54, 1.807) is 17.9 Å². The SMILES string of the molecule is CC1(O)CN(C(=O)c2cccc3c2OCCN3)C1. The number of fused-ring (bicyclic) bond motifs is 1. The molecule has 2 N–H and O–H groups in total. The summed E-state index contributed by atoms with van der Waals surface area (Å²) < 4.78 is 5.57. The van der Waals surface area contributed by atoms with Gasteiger partial charge in [0.1, 0.15) is 6.61 Å². The minimum atomic E-state index is -0.746. The molecule has 1 aromatic carbocycles. The van der Waals surface area contributed by atoms with E-state index in [0.29, 0.717) is 31.0 Å². The summed E-state index contributed by atoms with van der Waals surface area (Å²) in [5.74, 6) is 0.544. The molecule has 1 aromatic rings. The lowest BCUT2D eigenvalue weighted by molar-refractivity contribution is -0.0669. The number of hydrogen-bond acceptors (Lipinski definition) is 4. The van der Waals surface area contributed by atoms with E-state index in [-0.39, 0.29) is 5.91 Å². The van der Waals surface area contributed by atoms with Crippen LogP contribution in [0.2, 0.25) is 0 Å². The number of likely N-dealkylation sites (tertiary alicyclic amines) is 1. The predicted molar refractivity (Wildman–Crippen MR) is 67.0 cm³/mol. The Morgan fingerprint density at radius 1 is 1.50 bits per heavy atom. The normalized spacial score (nSPS) is 20.2. The highest BCUT2D eigenvalue weighted by Crippen LogP contribution is 2.33. The Labute approximate surface area is 105 Å². The Kier molecular flexibility index (Phi) is 2.45. The molecule has 0 saturated carbocycles. The molecule has 1 amide bonds. The average Bonchev–Trinajstić information content (AvgIpc) is 2.34. The number of anilines is 1. The number of nitrogens with one attached hydrogen (secondary N) is 1. The van der Waals surface area contributed by atoms with Crippen molar-refractivity contribution in [1.82, 2.24) is 4.90 Å². The van der Waals surface area contributed by atoms with Gasteiger partial charge in [0.25, 0.3) is 5.91 Å². The molecule has 1 fully saturated rings. The second-order valence-corrected chi connectivity index (χ2v) is 5.12. The fourth-order valence-corrected chi connectivity index (χ4v) is 2.43. The molecule has 2 heterocycles. The maximum Gasteiger partial charge on any atom is 0.257 e. The van der Waals surface area contributed by atoms with Gasteiger partial charge in [0.2, 0.25) is 0 Å². The van der Waals surface area contributed by atoms with E-state index in [9.17, 15) is 9.90 Å². The molecule has 1 saturated heterocycles. The van der Waals surface area contributed by atoms with Gasteiger partial charge in [-0.2, -0.15) is 0 Å². The second-order valence-electron chi connectivity index (χ2n) is 5.12. The zero-order chi connectivity index (χ0) is 12.8. The molecule has 0 radical (unpaired) electrons. The zero-order valence-corrected chi connectivity index (χ0v) is 10.3. The number of carbonyl (C=O) groups is 1. The smallest absolute Gasteiger partial charge is 0.257 e. The van der Waals surface area contributed by atoms with Crippen molar-refractivity contribution in [2.24, 2.45) is 0 Å². The van der Waals surface area contributed by atoms with Gasteiger partial charge < -0.3 is 20.1 Å². The van der Waals surface area contributed by atoms with Crippen LogP contribution in [0.4, 0.5) is 5.69 Å². The molecule has 0 unspecified atom stereocenters. The van der Waals surface area contributed by atoms with Crippen LogP contribution in [0.1, 0.15) is 17.3 Å². The predicted octanol–water partition coefficient (Wildman–Crippen LogP) is 0.698. The van der Waals surface area contributed by atoms with Gasteiger partial charge in [0.15, 0.2) is 5.75 Å². The van der Waals surface area contributed by atoms with E-state index in [1.807, 2.05) is 12.1 Å². The molecular formula is C13H16N2O3. The van der Waals surface area contributed by atoms with Crippen LogP contribution in [-0.4, -0.2) is 47.8 Å². The van der Waals surface area contributed by atoms with Gasteiger partial charge in [-0.05, 0) is 19.1 Å². The molecule has 2 aliphatic heterocycles. The van der Waals surface area contributed by atoms with Crippen molar-refractivity contribution in [3.8, 4) is 5.75 Å². The number of aliphatic hydroxyl groups is 1. The zero-order valence-electron chi connectivity index (χ0n) is 10.3. The summed E-state index contributed by atoms with van der Waals surface area (Å²) in [7, 11) is 0. The average molecular weight is 248 g/mol. The molecule has 2 aliphatic rings. The Bertz CT molecular complexity index is 491. The lowest BCUT2D eigenvalue weighted by Gasteiger charge is -2.44. The lowest BCUT2D eigenvalue weighted by Crippen LogP contribution is -2.61. The fraction of sp³-hybridized carbons (Fsp3) is 0.462. The number of rotatable bonds is 1. The van der Waals surface area contributed by atoms with Crippen LogP contribution in [0.5, 0.6) is 5.75 Å². The largest absolute Gasteiger partial charge is 0.489 e. The van der Waals surface area contributed by atoms with Gasteiger partial charge in [0.05, 0.1) is 29.9 Å². The molecule has 5 heteroatoms. The van der Waals surface area contributed by atoms with Crippen LogP contribution in [0.3, 0.4) is 0 Å². The highest BCUT2D eigenvalue weighted by Gasteiger charge is 2.40. The first-order chi connectivity index (χ1) is 8.57. The molecule has 5 nitrogen and oxygen atoms in total. The van der Waals surface area contributed by atoms with E-state index in [2.05, 4.69) is 5.32 Å². The molecule has 3 rings (SSSR count). The summed E-state index contributed by atoms with van der Waals surface area (Å²) in [6.07, 6.45) is 0. The van der Waals surface area contributed by atoms with Crippen molar-refractivity contribution in [3.63, 3.8) is 0 Å². The molecule has 0 atom stereocenters. The maximum absolute atomic E-state index is 12.3. The summed E-state index contributed by atoms with van der Waals surface area (Å²) in [6.45, 7) is 3.80. The first-order valence-electron chi connectivity index (χ1n) is 6.08. The standard InChI is InChI=1S/C13H16N2O3/c1-13(17)7-15(8-13)12(16)9-3-2-4-10-11(9)18-6-5-14-10/h2-4,14,17H,5-8H2,1H3. The van der Waals surface area contributed by atoms with Gasteiger partial charge in [-0.25, -0.2) is 0 Å². The summed E-state index contributed by atoms with van der Waals surface area (Å²) in [5.41, 5.74) is 0.679. The Hall–Kier alpha value is -1.75. The quantitative estimate of drug-likeness (QED) is 0.768. The molecule has 0 bridgehead atoms. The van der Waals surface area contributed by atoms with Crippen molar-refractivity contribution in [2.75, 3.05) is 31.6 Å². The molecular weight excluding hydrogens is 232 g/mol. The summed E-state index contributed by atoms with van der Waals surface area (Å²) in [4.78, 5) is 13.9.